The molecule has 1 unspecified atom stereocenters. The number of nitrogens with one attached hydrogen (secondary N) is 2. The molecule has 1 atom stereocenters. The molecule has 0 fully saturated rings. The second kappa shape index (κ2) is 12.1. The lowest BCUT2D eigenvalue weighted by Gasteiger charge is -2.28. The van der Waals surface area contributed by atoms with E-state index >= 15 is 0 Å². The van der Waals surface area contributed by atoms with Crippen molar-refractivity contribution < 1.29 is 32.7 Å². The van der Waals surface area contributed by atoms with Gasteiger partial charge < -0.3 is 24.5 Å². The quantitative estimate of drug-likeness (QED) is 0.278. The Hall–Kier alpha value is -4.62. The van der Waals surface area contributed by atoms with Crippen LogP contribution in [0.4, 0.5) is 4.39 Å². The number of amides is 2. The normalized spacial score (nSPS) is 12.1. The molecule has 0 bridgehead atoms. The van der Waals surface area contributed by atoms with Gasteiger partial charge in [-0.25, -0.2) is 9.37 Å². The predicted molar refractivity (Wildman–Crippen MR) is 138 cm³/mol. The molecule has 14 heteroatoms. The van der Waals surface area contributed by atoms with E-state index in [1.165, 1.54) is 45.2 Å². The van der Waals surface area contributed by atoms with Crippen LogP contribution in [0.3, 0.4) is 0 Å². The zero-order valence-electron chi connectivity index (χ0n) is 23.2. The third-order valence-corrected chi connectivity index (χ3v) is 5.60. The van der Waals surface area contributed by atoms with E-state index in [9.17, 15) is 23.6 Å². The van der Waals surface area contributed by atoms with Gasteiger partial charge in [0.25, 0.3) is 11.5 Å². The maximum absolute atomic E-state index is 13.6. The van der Waals surface area contributed by atoms with Gasteiger partial charge in [0, 0.05) is 33.4 Å². The molecule has 0 aliphatic carbocycles. The number of carbonyl (C=O) groups excluding carboxylic acids is 3. The third kappa shape index (κ3) is 7.07. The first-order valence-corrected chi connectivity index (χ1v) is 12.3. The average Bonchev–Trinajstić information content (AvgIpc) is 3.31. The van der Waals surface area contributed by atoms with Gasteiger partial charge in [-0.2, -0.15) is 0 Å². The lowest BCUT2D eigenvalue weighted by Crippen LogP contribution is -2.46. The summed E-state index contributed by atoms with van der Waals surface area (Å²) in [6, 6.07) is 5.46. The van der Waals surface area contributed by atoms with Gasteiger partial charge in [-0.15, -0.1) is 10.2 Å². The first kappa shape index (κ1) is 29.9. The summed E-state index contributed by atoms with van der Waals surface area (Å²) in [5, 5.41) is 12.6. The summed E-state index contributed by atoms with van der Waals surface area (Å²) >= 11 is 0. The van der Waals surface area contributed by atoms with Crippen LogP contribution in [0.25, 0.3) is 0 Å². The average molecular weight is 559 g/mol. The molecule has 0 aliphatic heterocycles. The predicted octanol–water partition coefficient (Wildman–Crippen LogP) is 2.13. The van der Waals surface area contributed by atoms with E-state index in [0.717, 1.165) is 4.57 Å². The van der Waals surface area contributed by atoms with Gasteiger partial charge in [0.1, 0.15) is 11.6 Å². The van der Waals surface area contributed by atoms with Gasteiger partial charge >= 0.3 is 17.8 Å². The minimum absolute atomic E-state index is 0.00467. The maximum atomic E-state index is 13.6. The number of carbonyl (C=O) groups is 3. The van der Waals surface area contributed by atoms with Crippen LogP contribution in [0, 0.1) is 18.7 Å². The smallest absolute Gasteiger partial charge is 0.309 e. The van der Waals surface area contributed by atoms with Crippen molar-refractivity contribution in [3.63, 3.8) is 0 Å². The minimum Gasteiger partial charge on any atom is -0.446 e. The van der Waals surface area contributed by atoms with E-state index in [1.807, 2.05) is 0 Å². The Bertz CT molecular complexity index is 1460. The van der Waals surface area contributed by atoms with Crippen molar-refractivity contribution in [3.05, 3.63) is 69.3 Å². The molecular weight excluding hydrogens is 527 g/mol. The Morgan fingerprint density at radius 3 is 2.33 bits per heavy atom. The second-order valence-corrected chi connectivity index (χ2v) is 9.83. The number of benzene rings is 1. The van der Waals surface area contributed by atoms with E-state index in [1.54, 1.807) is 27.7 Å². The molecule has 0 saturated heterocycles. The summed E-state index contributed by atoms with van der Waals surface area (Å²) in [6.45, 7) is 9.22. The Morgan fingerprint density at radius 2 is 1.77 bits per heavy atom. The number of esters is 1. The Balaban J connectivity index is 2.05. The lowest BCUT2D eigenvalue weighted by atomic mass is 10.0. The fourth-order valence-electron chi connectivity index (χ4n) is 3.63. The first-order chi connectivity index (χ1) is 18.7. The number of aryl methyl sites for hydroxylation is 1. The van der Waals surface area contributed by atoms with Crippen LogP contribution in [-0.4, -0.2) is 43.8 Å². The number of ether oxygens (including phenoxy) is 2. The fraction of sp³-hybridized carbons (Fsp3) is 0.423. The highest BCUT2D eigenvalue weighted by Gasteiger charge is 2.34. The molecule has 3 aromatic rings. The fourth-order valence-corrected chi connectivity index (χ4v) is 3.63. The van der Waals surface area contributed by atoms with Crippen LogP contribution in [0.2, 0.25) is 0 Å². The van der Waals surface area contributed by atoms with Gasteiger partial charge in [0.05, 0.1) is 5.54 Å². The second-order valence-electron chi connectivity index (χ2n) is 9.83. The standard InChI is InChI=1S/C26H31FN6O7/c1-13(2)24(39-15(4)34)40-19-18(20(35)28-12-16-8-10-17(27)11-9-16)29-25(33(7)23(19)37)26(5,6)30-21(36)22-32-31-14(3)38-22/h8-11,13,24H,12H2,1-7H3,(H,28,35)(H,30,36). The summed E-state index contributed by atoms with van der Waals surface area (Å²) in [6.07, 6.45) is -1.20. The van der Waals surface area contributed by atoms with Crippen LogP contribution in [0.15, 0.2) is 33.5 Å². The van der Waals surface area contributed by atoms with Crippen LogP contribution < -0.4 is 20.9 Å². The third-order valence-electron chi connectivity index (χ3n) is 5.60. The number of aromatic nitrogens is 4. The number of hydrogen-bond donors (Lipinski definition) is 2. The van der Waals surface area contributed by atoms with Gasteiger partial charge in [0.2, 0.25) is 17.9 Å². The molecule has 2 aromatic heterocycles. The number of hydrogen-bond acceptors (Lipinski definition) is 10. The summed E-state index contributed by atoms with van der Waals surface area (Å²) in [4.78, 5) is 55.7. The number of halogens is 1. The zero-order chi connectivity index (χ0) is 29.8. The molecular formula is C26H31FN6O7. The van der Waals surface area contributed by atoms with Gasteiger partial charge in [0.15, 0.2) is 5.69 Å². The molecule has 0 aliphatic rings. The Kier molecular flexibility index (Phi) is 9.02. The van der Waals surface area contributed by atoms with Crippen LogP contribution in [0.1, 0.15) is 73.1 Å². The molecule has 0 spiro atoms. The lowest BCUT2D eigenvalue weighted by molar-refractivity contribution is -0.167. The molecule has 214 valence electrons. The van der Waals surface area contributed by atoms with E-state index in [-0.39, 0.29) is 24.2 Å². The summed E-state index contributed by atoms with van der Waals surface area (Å²) in [5.74, 6) is -3.58. The molecule has 2 heterocycles. The van der Waals surface area contributed by atoms with Crippen LogP contribution in [-0.2, 0) is 28.7 Å². The molecule has 1 aromatic carbocycles. The van der Waals surface area contributed by atoms with Crippen LogP contribution >= 0.6 is 0 Å². The molecule has 0 saturated carbocycles. The van der Waals surface area contributed by atoms with Crippen LogP contribution in [0.5, 0.6) is 5.75 Å². The van der Waals surface area contributed by atoms with E-state index in [2.05, 4.69) is 25.8 Å². The topological polar surface area (TPSA) is 168 Å². The van der Waals surface area contributed by atoms with Gasteiger partial charge in [-0.05, 0) is 31.5 Å². The summed E-state index contributed by atoms with van der Waals surface area (Å²) in [5.41, 5.74) is -1.92. The molecule has 2 N–H and O–H groups in total. The molecule has 3 rings (SSSR count). The van der Waals surface area contributed by atoms with E-state index in [0.29, 0.717) is 5.56 Å². The molecule has 0 radical (unpaired) electrons. The summed E-state index contributed by atoms with van der Waals surface area (Å²) in [7, 11) is 1.39. The van der Waals surface area contributed by atoms with Crippen molar-refractivity contribution in [1.82, 2.24) is 30.4 Å². The van der Waals surface area contributed by atoms with Crippen molar-refractivity contribution in [1.29, 1.82) is 0 Å². The van der Waals surface area contributed by atoms with E-state index in [4.69, 9.17) is 13.9 Å². The molecule has 13 nitrogen and oxygen atoms in total. The number of rotatable bonds is 10. The van der Waals surface area contributed by atoms with Gasteiger partial charge in [-0.1, -0.05) is 26.0 Å². The van der Waals surface area contributed by atoms with Crippen molar-refractivity contribution in [2.75, 3.05) is 0 Å². The molecule has 40 heavy (non-hydrogen) atoms. The molecule has 2 amide bonds. The number of nitrogens with zero attached hydrogens (tertiary/aromatic N) is 4. The SMILES string of the molecule is CC(=O)OC(Oc1c(C(=O)NCc2ccc(F)cc2)nc(C(C)(C)NC(=O)c2nnc(C)o2)n(C)c1=O)C(C)C. The highest BCUT2D eigenvalue weighted by molar-refractivity contribution is 5.95. The minimum atomic E-state index is -1.33. The first-order valence-electron chi connectivity index (χ1n) is 12.3. The highest BCUT2D eigenvalue weighted by Crippen LogP contribution is 2.23. The van der Waals surface area contributed by atoms with E-state index < -0.39 is 58.4 Å². The zero-order valence-corrected chi connectivity index (χ0v) is 23.2. The Morgan fingerprint density at radius 1 is 1.12 bits per heavy atom. The van der Waals surface area contributed by atoms with Crippen molar-refractivity contribution in [2.45, 2.75) is 59.9 Å². The summed E-state index contributed by atoms with van der Waals surface area (Å²) < 4.78 is 30.5. The van der Waals surface area contributed by atoms with Crippen molar-refractivity contribution in [2.24, 2.45) is 13.0 Å². The highest BCUT2D eigenvalue weighted by atomic mass is 19.1. The largest absolute Gasteiger partial charge is 0.446 e. The maximum Gasteiger partial charge on any atom is 0.309 e. The van der Waals surface area contributed by atoms with Crippen molar-refractivity contribution >= 4 is 17.8 Å². The van der Waals surface area contributed by atoms with Crippen molar-refractivity contribution in [3.8, 4) is 5.75 Å². The monoisotopic (exact) mass is 558 g/mol. The Labute approximate surface area is 229 Å². The van der Waals surface area contributed by atoms with Gasteiger partial charge in [-0.3, -0.25) is 23.7 Å².